The minimum Gasteiger partial charge on any atom is -0.340 e. The highest BCUT2D eigenvalue weighted by Crippen LogP contribution is 2.31. The average molecular weight is 666 g/mol. The number of carbonyl (C=O) groups excluding carboxylic acids is 1. The van der Waals surface area contributed by atoms with Crippen LogP contribution in [0.5, 0.6) is 0 Å². The summed E-state index contributed by atoms with van der Waals surface area (Å²) >= 11 is 7.28. The van der Waals surface area contributed by atoms with Gasteiger partial charge in [-0.1, -0.05) is 84.0 Å². The van der Waals surface area contributed by atoms with Crippen LogP contribution in [0.3, 0.4) is 0 Å². The van der Waals surface area contributed by atoms with Crippen LogP contribution < -0.4 is 5.56 Å². The van der Waals surface area contributed by atoms with Gasteiger partial charge in [0.2, 0.25) is 5.91 Å². The molecule has 1 aromatic heterocycles. The van der Waals surface area contributed by atoms with Crippen molar-refractivity contribution in [2.24, 2.45) is 0 Å². The van der Waals surface area contributed by atoms with Crippen molar-refractivity contribution >= 4 is 29.3 Å². The second-order valence-corrected chi connectivity index (χ2v) is 12.1. The summed E-state index contributed by atoms with van der Waals surface area (Å²) in [5, 5.41) is 0.937. The molecule has 5 rings (SSSR count). The number of rotatable bonds is 10. The third-order valence-corrected chi connectivity index (χ3v) is 8.58. The predicted molar refractivity (Wildman–Crippen MR) is 172 cm³/mol. The zero-order valence-electron chi connectivity index (χ0n) is 24.6. The molecule has 0 unspecified atom stereocenters. The van der Waals surface area contributed by atoms with Crippen LogP contribution in [-0.4, -0.2) is 27.4 Å². The number of hydrogen-bond donors (Lipinski definition) is 0. The number of aromatic nitrogens is 2. The van der Waals surface area contributed by atoms with E-state index < -0.39 is 17.3 Å². The van der Waals surface area contributed by atoms with Gasteiger partial charge in [0, 0.05) is 42.5 Å². The standard InChI is InChI=1S/C35H28ClF4N3O2S/c1-42(19-24-2-8-26(9-3-24)27-10-12-29(13-11-27)35(38,39)40)32(44)21-43-20-28(18-23-4-14-30(36)15-5-23)33(45)41-34(43)46-22-25-6-16-31(37)17-7-25/h2-17,20H,18-19,21-22H2,1H3. The Hall–Kier alpha value is -4.41. The van der Waals surface area contributed by atoms with Crippen molar-refractivity contribution in [1.82, 2.24) is 14.5 Å². The van der Waals surface area contributed by atoms with Gasteiger partial charge in [0.15, 0.2) is 5.16 Å². The van der Waals surface area contributed by atoms with E-state index in [-0.39, 0.29) is 24.8 Å². The summed E-state index contributed by atoms with van der Waals surface area (Å²) in [6, 6.07) is 25.4. The molecule has 0 aliphatic carbocycles. The van der Waals surface area contributed by atoms with E-state index in [2.05, 4.69) is 4.98 Å². The van der Waals surface area contributed by atoms with Crippen molar-refractivity contribution in [1.29, 1.82) is 0 Å². The van der Waals surface area contributed by atoms with Crippen molar-refractivity contribution in [3.8, 4) is 11.1 Å². The number of amides is 1. The molecular formula is C35H28ClF4N3O2S. The molecule has 5 nitrogen and oxygen atoms in total. The zero-order valence-corrected chi connectivity index (χ0v) is 26.2. The van der Waals surface area contributed by atoms with Crippen molar-refractivity contribution in [2.75, 3.05) is 7.05 Å². The highest BCUT2D eigenvalue weighted by molar-refractivity contribution is 7.98. The topological polar surface area (TPSA) is 55.2 Å². The number of benzene rings is 4. The number of likely N-dealkylation sites (N-methyl/N-ethyl adjacent to an activating group) is 1. The van der Waals surface area contributed by atoms with E-state index in [0.717, 1.165) is 34.4 Å². The quantitative estimate of drug-likeness (QED) is 0.0856. The molecule has 11 heteroatoms. The largest absolute Gasteiger partial charge is 0.416 e. The Balaban J connectivity index is 1.31. The minimum atomic E-state index is -4.40. The summed E-state index contributed by atoms with van der Waals surface area (Å²) in [6.45, 7) is 0.211. The first-order valence-corrected chi connectivity index (χ1v) is 15.5. The van der Waals surface area contributed by atoms with Crippen LogP contribution in [0, 0.1) is 5.82 Å². The Morgan fingerprint density at radius 1 is 0.848 bits per heavy atom. The van der Waals surface area contributed by atoms with E-state index in [0.29, 0.717) is 33.5 Å². The third kappa shape index (κ3) is 8.64. The second kappa shape index (κ2) is 14.3. The molecule has 0 aliphatic rings. The lowest BCUT2D eigenvalue weighted by Gasteiger charge is -2.20. The van der Waals surface area contributed by atoms with Gasteiger partial charge in [-0.25, -0.2) is 4.39 Å². The molecular weight excluding hydrogens is 638 g/mol. The first-order chi connectivity index (χ1) is 21.9. The normalized spacial score (nSPS) is 11.4. The molecule has 0 atom stereocenters. The first-order valence-electron chi connectivity index (χ1n) is 14.2. The van der Waals surface area contributed by atoms with Crippen LogP contribution in [0.1, 0.15) is 27.8 Å². The Kier molecular flexibility index (Phi) is 10.3. The van der Waals surface area contributed by atoms with Crippen molar-refractivity contribution < 1.29 is 22.4 Å². The number of carbonyl (C=O) groups is 1. The summed E-state index contributed by atoms with van der Waals surface area (Å²) < 4.78 is 53.8. The summed E-state index contributed by atoms with van der Waals surface area (Å²) in [4.78, 5) is 32.3. The van der Waals surface area contributed by atoms with Gasteiger partial charge in [-0.2, -0.15) is 18.2 Å². The number of hydrogen-bond acceptors (Lipinski definition) is 4. The van der Waals surface area contributed by atoms with Crippen LogP contribution in [-0.2, 0) is 36.2 Å². The van der Waals surface area contributed by atoms with Gasteiger partial charge in [-0.05, 0) is 64.2 Å². The fraction of sp³-hybridized carbons (Fsp3) is 0.171. The van der Waals surface area contributed by atoms with E-state index in [1.807, 2.05) is 24.3 Å². The molecule has 1 amide bonds. The van der Waals surface area contributed by atoms with E-state index in [4.69, 9.17) is 11.6 Å². The van der Waals surface area contributed by atoms with Gasteiger partial charge in [-0.15, -0.1) is 0 Å². The fourth-order valence-electron chi connectivity index (χ4n) is 4.70. The predicted octanol–water partition coefficient (Wildman–Crippen LogP) is 8.26. The van der Waals surface area contributed by atoms with Gasteiger partial charge in [0.05, 0.1) is 5.56 Å². The molecule has 236 valence electrons. The van der Waals surface area contributed by atoms with E-state index in [9.17, 15) is 27.2 Å². The van der Waals surface area contributed by atoms with Gasteiger partial charge in [0.1, 0.15) is 12.4 Å². The Bertz CT molecular complexity index is 1860. The number of thioether (sulfide) groups is 1. The molecule has 0 spiro atoms. The van der Waals surface area contributed by atoms with Crippen molar-refractivity contribution in [2.45, 2.75) is 36.6 Å². The first kappa shape index (κ1) is 33.0. The molecule has 1 heterocycles. The number of halogens is 5. The minimum absolute atomic E-state index is 0.0766. The lowest BCUT2D eigenvalue weighted by Crippen LogP contribution is -2.31. The van der Waals surface area contributed by atoms with Crippen molar-refractivity contribution in [3.05, 3.63) is 152 Å². The van der Waals surface area contributed by atoms with Crippen molar-refractivity contribution in [3.63, 3.8) is 0 Å². The van der Waals surface area contributed by atoms with Crippen LogP contribution in [0.2, 0.25) is 5.02 Å². The maximum absolute atomic E-state index is 13.4. The summed E-state index contributed by atoms with van der Waals surface area (Å²) in [6.07, 6.45) is -2.44. The average Bonchev–Trinajstić information content (AvgIpc) is 3.03. The summed E-state index contributed by atoms with van der Waals surface area (Å²) in [5.74, 6) is -0.157. The van der Waals surface area contributed by atoms with E-state index in [1.54, 1.807) is 59.1 Å². The molecule has 5 aromatic rings. The van der Waals surface area contributed by atoms with Crippen LogP contribution in [0.15, 0.2) is 113 Å². The van der Waals surface area contributed by atoms with Crippen LogP contribution >= 0.6 is 23.4 Å². The molecule has 46 heavy (non-hydrogen) atoms. The molecule has 0 saturated carbocycles. The molecule has 4 aromatic carbocycles. The number of alkyl halides is 3. The highest BCUT2D eigenvalue weighted by atomic mass is 35.5. The lowest BCUT2D eigenvalue weighted by molar-refractivity contribution is -0.137. The highest BCUT2D eigenvalue weighted by Gasteiger charge is 2.30. The van der Waals surface area contributed by atoms with Gasteiger partial charge < -0.3 is 9.47 Å². The zero-order chi connectivity index (χ0) is 32.8. The molecule has 0 saturated heterocycles. The lowest BCUT2D eigenvalue weighted by atomic mass is 10.0. The summed E-state index contributed by atoms with van der Waals surface area (Å²) in [7, 11) is 1.67. The smallest absolute Gasteiger partial charge is 0.340 e. The fourth-order valence-corrected chi connectivity index (χ4v) is 5.75. The SMILES string of the molecule is CN(Cc1ccc(-c2ccc(C(F)(F)F)cc2)cc1)C(=O)Cn1cc(Cc2ccc(Cl)cc2)c(=O)nc1SCc1ccc(F)cc1. The Labute approximate surface area is 272 Å². The number of nitrogens with zero attached hydrogens (tertiary/aromatic N) is 3. The van der Waals surface area contributed by atoms with Crippen LogP contribution in [0.25, 0.3) is 11.1 Å². The van der Waals surface area contributed by atoms with Gasteiger partial charge in [-0.3, -0.25) is 9.59 Å². The monoisotopic (exact) mass is 665 g/mol. The maximum Gasteiger partial charge on any atom is 0.416 e. The van der Waals surface area contributed by atoms with Gasteiger partial charge >= 0.3 is 6.18 Å². The Morgan fingerprint density at radius 2 is 1.41 bits per heavy atom. The molecule has 0 fully saturated rings. The van der Waals surface area contributed by atoms with Gasteiger partial charge in [0.25, 0.3) is 5.56 Å². The Morgan fingerprint density at radius 3 is 2.02 bits per heavy atom. The second-order valence-electron chi connectivity index (χ2n) is 10.7. The third-order valence-electron chi connectivity index (χ3n) is 7.27. The molecule has 0 radical (unpaired) electrons. The maximum atomic E-state index is 13.4. The van der Waals surface area contributed by atoms with Crippen LogP contribution in [0.4, 0.5) is 17.6 Å². The van der Waals surface area contributed by atoms with E-state index >= 15 is 0 Å². The summed E-state index contributed by atoms with van der Waals surface area (Å²) in [5.41, 5.74) is 3.24. The van der Waals surface area contributed by atoms with E-state index in [1.165, 1.54) is 36.0 Å². The molecule has 0 aliphatic heterocycles. The molecule has 0 bridgehead atoms. The molecule has 0 N–H and O–H groups in total.